The number of nitrogen functional groups attached to an aromatic ring is 2. The van der Waals surface area contributed by atoms with Gasteiger partial charge in [-0.15, -0.1) is 0 Å². The Hall–Kier alpha value is -3.76. The topological polar surface area (TPSA) is 279 Å². The van der Waals surface area contributed by atoms with Gasteiger partial charge < -0.3 is 51.6 Å². The highest BCUT2D eigenvalue weighted by Gasteiger charge is 2.82. The second-order valence-corrected chi connectivity index (χ2v) is 9.61. The molecule has 2 aliphatic rings. The molecular weight excluding hydrogens is 558 g/mol. The molecule has 6 heterocycles. The molecule has 220 valence electrons. The van der Waals surface area contributed by atoms with Crippen molar-refractivity contribution in [1.82, 2.24) is 39.0 Å². The van der Waals surface area contributed by atoms with Gasteiger partial charge in [0.05, 0.1) is 25.9 Å². The van der Waals surface area contributed by atoms with Crippen LogP contribution >= 0.6 is 0 Å². The maximum Gasteiger partial charge on any atom is 0.347 e. The first-order valence-electron chi connectivity index (χ1n) is 12.0. The number of rotatable bonds is 6. The van der Waals surface area contributed by atoms with Crippen LogP contribution in [0.25, 0.3) is 22.3 Å². The molecule has 0 unspecified atom stereocenters. The molecule has 2 fully saturated rings. The van der Waals surface area contributed by atoms with E-state index in [1.807, 2.05) is 0 Å². The number of alkyl halides is 2. The Morgan fingerprint density at radius 2 is 1.12 bits per heavy atom. The van der Waals surface area contributed by atoms with Crippen LogP contribution in [0.5, 0.6) is 0 Å². The average Bonchev–Trinajstić information content (AvgIpc) is 3.70. The van der Waals surface area contributed by atoms with Gasteiger partial charge in [0.2, 0.25) is 11.4 Å². The van der Waals surface area contributed by atoms with Crippen LogP contribution in [0.3, 0.4) is 0 Å². The number of anilines is 2. The zero-order chi connectivity index (χ0) is 29.5. The lowest BCUT2D eigenvalue weighted by atomic mass is 9.84. The van der Waals surface area contributed by atoms with Crippen LogP contribution in [0, 0.1) is 0 Å². The van der Waals surface area contributed by atoms with Crippen molar-refractivity contribution in [2.75, 3.05) is 24.7 Å². The van der Waals surface area contributed by atoms with E-state index in [4.69, 9.17) is 20.9 Å². The van der Waals surface area contributed by atoms with Gasteiger partial charge in [-0.2, -0.15) is 8.78 Å². The van der Waals surface area contributed by atoms with E-state index in [0.717, 1.165) is 25.3 Å². The average molecular weight is 582 g/mol. The summed E-state index contributed by atoms with van der Waals surface area (Å²) in [4.78, 5) is 23.3. The number of imidazole rings is 2. The molecule has 4 aromatic rings. The van der Waals surface area contributed by atoms with Crippen molar-refractivity contribution in [3.63, 3.8) is 0 Å². The number of nitrogens with two attached hydrogens (primary N) is 2. The second kappa shape index (κ2) is 9.12. The number of nitrogens with zero attached hydrogens (tertiary/aromatic N) is 8. The van der Waals surface area contributed by atoms with Gasteiger partial charge in [-0.1, -0.05) is 0 Å². The summed E-state index contributed by atoms with van der Waals surface area (Å²) in [5, 5.41) is 63.9. The van der Waals surface area contributed by atoms with Gasteiger partial charge in [0.25, 0.3) is 0 Å². The molecule has 6 rings (SSSR count). The fourth-order valence-corrected chi connectivity index (χ4v) is 5.57. The van der Waals surface area contributed by atoms with Crippen molar-refractivity contribution in [2.45, 2.75) is 54.0 Å². The number of hydrogen-bond donors (Lipinski definition) is 8. The van der Waals surface area contributed by atoms with Crippen molar-refractivity contribution in [3.05, 3.63) is 25.3 Å². The Labute approximate surface area is 226 Å². The molecule has 8 atom stereocenters. The Morgan fingerprint density at radius 1 is 0.732 bits per heavy atom. The largest absolute Gasteiger partial charge is 0.394 e. The van der Waals surface area contributed by atoms with Gasteiger partial charge in [0.15, 0.2) is 22.9 Å². The van der Waals surface area contributed by atoms with Crippen LogP contribution in [0.1, 0.15) is 0 Å². The van der Waals surface area contributed by atoms with Gasteiger partial charge in [0, 0.05) is 0 Å². The Bertz CT molecular complexity index is 1510. The van der Waals surface area contributed by atoms with Gasteiger partial charge in [-0.3, -0.25) is 9.13 Å². The number of halogens is 2. The molecule has 0 radical (unpaired) electrons. The van der Waals surface area contributed by atoms with Crippen LogP contribution in [0.15, 0.2) is 25.3 Å². The van der Waals surface area contributed by atoms with E-state index in [1.165, 1.54) is 0 Å². The van der Waals surface area contributed by atoms with E-state index in [2.05, 4.69) is 29.9 Å². The first kappa shape index (κ1) is 27.4. The predicted molar refractivity (Wildman–Crippen MR) is 128 cm³/mol. The predicted octanol–water partition coefficient (Wildman–Crippen LogP) is -4.00. The van der Waals surface area contributed by atoms with Crippen molar-refractivity contribution >= 4 is 34.0 Å². The fraction of sp³-hybridized carbons (Fsp3) is 0.524. The number of aliphatic hydroxyl groups excluding tert-OH is 6. The highest BCUT2D eigenvalue weighted by atomic mass is 19.3. The van der Waals surface area contributed by atoms with E-state index in [-0.39, 0.29) is 22.7 Å². The minimum absolute atomic E-state index is 0.191. The summed E-state index contributed by atoms with van der Waals surface area (Å²) in [5.74, 6) is -5.25. The van der Waals surface area contributed by atoms with E-state index in [0.29, 0.717) is 9.13 Å². The van der Waals surface area contributed by atoms with Crippen LogP contribution in [0.4, 0.5) is 20.4 Å². The Balaban J connectivity index is 1.71. The molecule has 0 spiro atoms. The molecule has 4 aromatic heterocycles. The number of hydrogen-bond acceptors (Lipinski definition) is 16. The zero-order valence-electron chi connectivity index (χ0n) is 20.7. The van der Waals surface area contributed by atoms with E-state index in [9.17, 15) is 30.6 Å². The molecule has 0 bridgehead atoms. The molecule has 0 aliphatic carbocycles. The molecule has 0 amide bonds. The van der Waals surface area contributed by atoms with Crippen LogP contribution in [0.2, 0.25) is 0 Å². The molecule has 41 heavy (non-hydrogen) atoms. The summed E-state index contributed by atoms with van der Waals surface area (Å²) in [5.41, 5.74) is 3.53. The molecule has 0 saturated carbocycles. The third-order valence-corrected chi connectivity index (χ3v) is 7.57. The summed E-state index contributed by atoms with van der Waals surface area (Å²) in [7, 11) is 0. The maximum atomic E-state index is 17.8. The van der Waals surface area contributed by atoms with Gasteiger partial charge in [0.1, 0.15) is 60.3 Å². The summed E-state index contributed by atoms with van der Waals surface area (Å²) in [6.45, 7) is -2.06. The van der Waals surface area contributed by atoms with Gasteiger partial charge in [-0.25, -0.2) is 29.9 Å². The zero-order valence-corrected chi connectivity index (χ0v) is 20.7. The highest BCUT2D eigenvalue weighted by Crippen LogP contribution is 2.59. The maximum absolute atomic E-state index is 17.8. The molecule has 2 aliphatic heterocycles. The highest BCUT2D eigenvalue weighted by molar-refractivity contribution is 5.82. The standard InChI is InChI=1S/C21H24F2N10O8/c22-21(23,19(13(38)11(36)7(1-34)40-19)32-5-30-9-15(24)26-3-28-17(9)32)20(14(39)12(37)8(2-35)41-20)33-6-31-10-16(25)27-4-29-18(10)33/h3-8,11-14,34-39H,1-2H2,(H2,24,26,28)(H2,25,27,29)/t7-,8-,11-,12-,13-,14-,19+,20+/m1/s1. The lowest BCUT2D eigenvalue weighted by molar-refractivity contribution is -0.374. The minimum Gasteiger partial charge on any atom is -0.394 e. The SMILES string of the molecule is Nc1ncnc2c1ncn2[C@]1(C(F)(F)[C@@]2(n3cnc4c(N)ncnc43)O[C@H](CO)[C@@H](O)[C@H]2O)O[C@H](CO)[C@@H](O)[C@H]1O. The quantitative estimate of drug-likeness (QED) is 0.107. The van der Waals surface area contributed by atoms with Crippen molar-refractivity contribution < 1.29 is 48.9 Å². The number of aromatic nitrogens is 8. The van der Waals surface area contributed by atoms with Gasteiger partial charge >= 0.3 is 5.92 Å². The first-order chi connectivity index (χ1) is 19.5. The van der Waals surface area contributed by atoms with Gasteiger partial charge in [-0.05, 0) is 0 Å². The summed E-state index contributed by atoms with van der Waals surface area (Å²) >= 11 is 0. The monoisotopic (exact) mass is 582 g/mol. The Morgan fingerprint density at radius 3 is 1.46 bits per heavy atom. The lowest BCUT2D eigenvalue weighted by Crippen LogP contribution is -2.71. The number of fused-ring (bicyclic) bond motifs is 2. The molecule has 18 nitrogen and oxygen atoms in total. The third kappa shape index (κ3) is 3.26. The fourth-order valence-electron chi connectivity index (χ4n) is 5.57. The summed E-state index contributed by atoms with van der Waals surface area (Å²) in [6, 6.07) is 0. The van der Waals surface area contributed by atoms with E-state index >= 15 is 8.78 Å². The minimum atomic E-state index is -4.80. The normalized spacial score (nSPS) is 34.2. The van der Waals surface area contributed by atoms with E-state index < -0.39 is 78.5 Å². The first-order valence-corrected chi connectivity index (χ1v) is 12.0. The molecule has 20 heteroatoms. The van der Waals surface area contributed by atoms with Crippen LogP contribution in [-0.2, 0) is 20.9 Å². The van der Waals surface area contributed by atoms with E-state index in [1.54, 1.807) is 0 Å². The second-order valence-electron chi connectivity index (χ2n) is 9.61. The van der Waals surface area contributed by atoms with Crippen molar-refractivity contribution in [3.8, 4) is 0 Å². The summed E-state index contributed by atoms with van der Waals surface area (Å²) < 4.78 is 47.9. The van der Waals surface area contributed by atoms with Crippen LogP contribution in [-0.4, -0.2) is 125 Å². The molecular formula is C21H24F2N10O8. The smallest absolute Gasteiger partial charge is 0.347 e. The number of aliphatic hydroxyl groups is 6. The molecule has 10 N–H and O–H groups in total. The van der Waals surface area contributed by atoms with Crippen molar-refractivity contribution in [1.29, 1.82) is 0 Å². The Kier molecular flexibility index (Phi) is 6.10. The summed E-state index contributed by atoms with van der Waals surface area (Å²) in [6.07, 6.45) is -9.61. The van der Waals surface area contributed by atoms with Crippen LogP contribution < -0.4 is 11.5 Å². The lowest BCUT2D eigenvalue weighted by Gasteiger charge is -2.49. The van der Waals surface area contributed by atoms with Crippen molar-refractivity contribution in [2.24, 2.45) is 0 Å². The molecule has 0 aromatic carbocycles. The molecule has 2 saturated heterocycles. The third-order valence-electron chi connectivity index (χ3n) is 7.57. The number of ether oxygens (including phenoxy) is 2.